The molecule has 1 unspecified atom stereocenters. The Bertz CT molecular complexity index is 1180. The fourth-order valence-electron chi connectivity index (χ4n) is 4.29. The number of aromatic nitrogens is 2. The van der Waals surface area contributed by atoms with Gasteiger partial charge in [0.25, 0.3) is 0 Å². The molecule has 0 saturated carbocycles. The maximum absolute atomic E-state index is 14.2. The number of halogens is 3. The fraction of sp³-hybridized carbons (Fsp3) is 0.269. The van der Waals surface area contributed by atoms with Crippen molar-refractivity contribution in [2.45, 2.75) is 43.9 Å². The van der Waals surface area contributed by atoms with Crippen molar-refractivity contribution in [3.63, 3.8) is 0 Å². The first kappa shape index (κ1) is 22.1. The van der Waals surface area contributed by atoms with Crippen LogP contribution < -0.4 is 0 Å². The number of H-pyrrole nitrogens is 1. The van der Waals surface area contributed by atoms with Crippen molar-refractivity contribution >= 4 is 10.9 Å². The van der Waals surface area contributed by atoms with Crippen LogP contribution in [-0.4, -0.2) is 26.9 Å². The number of hydrogen-bond donors (Lipinski definition) is 2. The molecule has 0 spiro atoms. The summed E-state index contributed by atoms with van der Waals surface area (Å²) in [5.74, 6) is 0. The number of hydrogen-bond acceptors (Lipinski definition) is 2. The van der Waals surface area contributed by atoms with Gasteiger partial charge in [-0.05, 0) is 40.7 Å². The van der Waals surface area contributed by atoms with Crippen molar-refractivity contribution in [3.05, 3.63) is 90.4 Å². The predicted octanol–water partition coefficient (Wildman–Crippen LogP) is 6.43. The molecule has 0 bridgehead atoms. The summed E-state index contributed by atoms with van der Waals surface area (Å²) in [6.07, 6.45) is -2.68. The Morgan fingerprint density at radius 2 is 1.62 bits per heavy atom. The van der Waals surface area contributed by atoms with Crippen molar-refractivity contribution in [2.75, 3.05) is 0 Å². The van der Waals surface area contributed by atoms with E-state index in [-0.39, 0.29) is 0 Å². The molecule has 0 fully saturated rings. The summed E-state index contributed by atoms with van der Waals surface area (Å²) in [6, 6.07) is 20.5. The zero-order valence-corrected chi connectivity index (χ0v) is 17.9. The van der Waals surface area contributed by atoms with Gasteiger partial charge in [-0.25, -0.2) is 0 Å². The minimum Gasteiger partial charge on any atom is -0.380 e. The van der Waals surface area contributed by atoms with Crippen LogP contribution in [0, 0.1) is 0 Å². The van der Waals surface area contributed by atoms with E-state index in [1.54, 1.807) is 38.4 Å². The van der Waals surface area contributed by atoms with Gasteiger partial charge in [0.15, 0.2) is 5.60 Å². The predicted molar refractivity (Wildman–Crippen MR) is 120 cm³/mol. The van der Waals surface area contributed by atoms with E-state index in [0.717, 1.165) is 16.7 Å². The van der Waals surface area contributed by atoms with Crippen LogP contribution in [0.1, 0.15) is 31.5 Å². The molecule has 0 radical (unpaired) electrons. The maximum atomic E-state index is 14.2. The number of benzene rings is 2. The molecular weight excluding hydrogens is 413 g/mol. The Hall–Kier alpha value is -3.12. The highest BCUT2D eigenvalue weighted by Crippen LogP contribution is 2.43. The van der Waals surface area contributed by atoms with Crippen molar-refractivity contribution < 1.29 is 18.3 Å². The second-order valence-corrected chi connectivity index (χ2v) is 8.97. The molecular formula is C26H25F3N2O. The minimum absolute atomic E-state index is 0.321. The quantitative estimate of drug-likeness (QED) is 0.364. The summed E-state index contributed by atoms with van der Waals surface area (Å²) in [5.41, 5.74) is -0.160. The fourth-order valence-corrected chi connectivity index (χ4v) is 4.29. The number of fused-ring (bicyclic) bond motifs is 1. The molecule has 4 aromatic rings. The Morgan fingerprint density at radius 3 is 2.31 bits per heavy atom. The summed E-state index contributed by atoms with van der Waals surface area (Å²) in [4.78, 5) is 6.98. The first-order chi connectivity index (χ1) is 15.1. The van der Waals surface area contributed by atoms with E-state index in [0.29, 0.717) is 16.6 Å². The lowest BCUT2D eigenvalue weighted by molar-refractivity contribution is -0.266. The van der Waals surface area contributed by atoms with Gasteiger partial charge < -0.3 is 10.1 Å². The third-order valence-electron chi connectivity index (χ3n) is 5.97. The first-order valence-corrected chi connectivity index (χ1v) is 10.4. The van der Waals surface area contributed by atoms with Crippen LogP contribution in [0.3, 0.4) is 0 Å². The van der Waals surface area contributed by atoms with Crippen molar-refractivity contribution in [1.82, 2.24) is 9.97 Å². The molecule has 166 valence electrons. The highest BCUT2D eigenvalue weighted by Gasteiger charge is 2.56. The number of nitrogens with one attached hydrogen (secondary N) is 1. The van der Waals surface area contributed by atoms with Crippen LogP contribution in [0.5, 0.6) is 0 Å². The molecule has 4 rings (SSSR count). The summed E-state index contributed by atoms with van der Waals surface area (Å²) in [5, 5.41) is 11.7. The van der Waals surface area contributed by atoms with E-state index in [1.807, 2.05) is 54.6 Å². The number of aromatic amines is 1. The zero-order valence-electron chi connectivity index (χ0n) is 17.9. The molecule has 2 aromatic heterocycles. The van der Waals surface area contributed by atoms with Crippen LogP contribution >= 0.6 is 0 Å². The second-order valence-electron chi connectivity index (χ2n) is 8.97. The van der Waals surface area contributed by atoms with Gasteiger partial charge in [0.2, 0.25) is 0 Å². The summed E-state index contributed by atoms with van der Waals surface area (Å²) in [7, 11) is 0. The Balaban J connectivity index is 1.66. The lowest BCUT2D eigenvalue weighted by Crippen LogP contribution is -2.50. The Morgan fingerprint density at radius 1 is 0.906 bits per heavy atom. The molecule has 0 aliphatic carbocycles. The number of alkyl halides is 3. The highest BCUT2D eigenvalue weighted by atomic mass is 19.4. The van der Waals surface area contributed by atoms with Gasteiger partial charge in [-0.1, -0.05) is 68.4 Å². The topological polar surface area (TPSA) is 48.9 Å². The molecule has 6 heteroatoms. The maximum Gasteiger partial charge on any atom is 0.417 e. The molecule has 0 aliphatic rings. The summed E-state index contributed by atoms with van der Waals surface area (Å²) in [6.45, 7) is 3.48. The molecule has 1 atom stereocenters. The van der Waals surface area contributed by atoms with E-state index in [9.17, 15) is 18.3 Å². The van der Waals surface area contributed by atoms with Crippen LogP contribution in [0.4, 0.5) is 13.2 Å². The van der Waals surface area contributed by atoms with Gasteiger partial charge in [0, 0.05) is 35.4 Å². The van der Waals surface area contributed by atoms with Crippen molar-refractivity contribution in [3.8, 4) is 11.1 Å². The average molecular weight is 438 g/mol. The monoisotopic (exact) mass is 438 g/mol. The van der Waals surface area contributed by atoms with Crippen molar-refractivity contribution in [2.24, 2.45) is 0 Å². The van der Waals surface area contributed by atoms with E-state index < -0.39 is 30.0 Å². The van der Waals surface area contributed by atoms with E-state index in [4.69, 9.17) is 0 Å². The van der Waals surface area contributed by atoms with Crippen molar-refractivity contribution in [1.29, 1.82) is 0 Å². The summed E-state index contributed by atoms with van der Waals surface area (Å²) >= 11 is 0. The SMILES string of the molecule is CC(C)(CC(O)(Cc1cc2cnccc2[nH]1)C(F)(F)F)c1cccc(-c2ccccc2)c1. The summed E-state index contributed by atoms with van der Waals surface area (Å²) < 4.78 is 42.5. The van der Waals surface area contributed by atoms with Gasteiger partial charge in [-0.15, -0.1) is 0 Å². The Kier molecular flexibility index (Phi) is 5.59. The molecule has 2 N–H and O–H groups in total. The number of pyridine rings is 1. The molecule has 2 aromatic carbocycles. The molecule has 3 nitrogen and oxygen atoms in total. The minimum atomic E-state index is -4.79. The Labute approximate surface area is 185 Å². The van der Waals surface area contributed by atoms with Gasteiger partial charge in [0.05, 0.1) is 0 Å². The van der Waals surface area contributed by atoms with E-state index >= 15 is 0 Å². The van der Waals surface area contributed by atoms with Crippen LogP contribution in [0.15, 0.2) is 79.1 Å². The van der Waals surface area contributed by atoms with Crippen LogP contribution in [0.25, 0.3) is 22.0 Å². The average Bonchev–Trinajstić information content (AvgIpc) is 3.15. The molecule has 0 aliphatic heterocycles. The molecule has 0 amide bonds. The van der Waals surface area contributed by atoms with E-state index in [1.165, 1.54) is 0 Å². The third-order valence-corrected chi connectivity index (χ3v) is 5.97. The van der Waals surface area contributed by atoms with E-state index in [2.05, 4.69) is 9.97 Å². The molecule has 0 saturated heterocycles. The van der Waals surface area contributed by atoms with Crippen LogP contribution in [0.2, 0.25) is 0 Å². The first-order valence-electron chi connectivity index (χ1n) is 10.4. The highest BCUT2D eigenvalue weighted by molar-refractivity contribution is 5.79. The number of aliphatic hydroxyl groups is 1. The smallest absolute Gasteiger partial charge is 0.380 e. The molecule has 2 heterocycles. The molecule has 32 heavy (non-hydrogen) atoms. The van der Waals surface area contributed by atoms with Gasteiger partial charge >= 0.3 is 6.18 Å². The number of nitrogens with zero attached hydrogens (tertiary/aromatic N) is 1. The van der Waals surface area contributed by atoms with Gasteiger partial charge in [-0.2, -0.15) is 13.2 Å². The largest absolute Gasteiger partial charge is 0.417 e. The second kappa shape index (κ2) is 8.10. The zero-order chi connectivity index (χ0) is 23.0. The number of rotatable bonds is 6. The normalized spacial score (nSPS) is 14.4. The lowest BCUT2D eigenvalue weighted by Gasteiger charge is -2.38. The third kappa shape index (κ3) is 4.41. The van der Waals surface area contributed by atoms with Gasteiger partial charge in [-0.3, -0.25) is 4.98 Å². The lowest BCUT2D eigenvalue weighted by atomic mass is 9.73. The standard InChI is InChI=1S/C26H25F3N2O/c1-24(2,21-10-6-9-19(13-21)18-7-4-3-5-8-18)17-25(32,26(27,28)29)15-22-14-20-16-30-12-11-23(20)31-22/h3-14,16,31-32H,15,17H2,1-2H3. The van der Waals surface area contributed by atoms with Crippen LogP contribution in [-0.2, 0) is 11.8 Å². The van der Waals surface area contributed by atoms with Gasteiger partial charge in [0.1, 0.15) is 0 Å².